The van der Waals surface area contributed by atoms with Crippen molar-refractivity contribution in [3.8, 4) is 0 Å². The van der Waals surface area contributed by atoms with Crippen LogP contribution >= 0.6 is 0 Å². The number of rotatable bonds is 7. The average molecular weight is 257 g/mol. The van der Waals surface area contributed by atoms with Crippen LogP contribution in [0.1, 0.15) is 0 Å². The van der Waals surface area contributed by atoms with E-state index in [4.69, 9.17) is 5.11 Å². The van der Waals surface area contributed by atoms with Crippen molar-refractivity contribution in [2.24, 2.45) is 0 Å². The Balaban J connectivity index is 2.65. The van der Waals surface area contributed by atoms with Crippen molar-refractivity contribution in [2.45, 2.75) is 24.4 Å². The lowest BCUT2D eigenvalue weighted by Crippen LogP contribution is -2.50. The van der Waals surface area contributed by atoms with Crippen LogP contribution in [0.2, 0.25) is 0 Å². The number of nitrogens with one attached hydrogen (secondary N) is 1. The van der Waals surface area contributed by atoms with E-state index in [0.717, 1.165) is 0 Å². The summed E-state index contributed by atoms with van der Waals surface area (Å²) in [4.78, 5) is 0. The van der Waals surface area contributed by atoms with E-state index in [1.54, 1.807) is 24.3 Å². The summed E-state index contributed by atoms with van der Waals surface area (Å²) < 4.78 is 0. The van der Waals surface area contributed by atoms with Crippen LogP contribution < -0.4 is 5.32 Å². The van der Waals surface area contributed by atoms with Crippen LogP contribution in [0.25, 0.3) is 0 Å². The first kappa shape index (κ1) is 14.9. The van der Waals surface area contributed by atoms with Gasteiger partial charge in [0, 0.05) is 5.69 Å². The fourth-order valence-corrected chi connectivity index (χ4v) is 1.56. The van der Waals surface area contributed by atoms with Gasteiger partial charge in [-0.2, -0.15) is 0 Å². The molecule has 0 heterocycles. The summed E-state index contributed by atoms with van der Waals surface area (Å²) in [6.45, 7) is -1.09. The van der Waals surface area contributed by atoms with Crippen molar-refractivity contribution < 1.29 is 25.5 Å². The largest absolute Gasteiger partial charge is 0.394 e. The zero-order chi connectivity index (χ0) is 13.5. The molecule has 102 valence electrons. The first-order valence-electron chi connectivity index (χ1n) is 5.67. The first-order chi connectivity index (χ1) is 8.60. The van der Waals surface area contributed by atoms with Crippen LogP contribution in [-0.2, 0) is 0 Å². The highest BCUT2D eigenvalue weighted by Crippen LogP contribution is 2.12. The van der Waals surface area contributed by atoms with Crippen molar-refractivity contribution >= 4 is 5.69 Å². The second kappa shape index (κ2) is 7.30. The second-order valence-electron chi connectivity index (χ2n) is 4.03. The predicted molar refractivity (Wildman–Crippen MR) is 66.0 cm³/mol. The normalized spacial score (nSPS) is 17.8. The summed E-state index contributed by atoms with van der Waals surface area (Å²) in [5.41, 5.74) is 0.668. The topological polar surface area (TPSA) is 113 Å². The molecule has 0 fully saturated rings. The Labute approximate surface area is 105 Å². The SMILES string of the molecule is OCC(O)C(O)C(O)C(CO)Nc1ccccc1. The average Bonchev–Trinajstić information content (AvgIpc) is 2.43. The molecular formula is C12H19NO5. The molecule has 0 saturated heterocycles. The number of aliphatic hydroxyl groups excluding tert-OH is 5. The fraction of sp³-hybridized carbons (Fsp3) is 0.500. The summed E-state index contributed by atoms with van der Waals surface area (Å²) in [7, 11) is 0. The van der Waals surface area contributed by atoms with Gasteiger partial charge in [0.1, 0.15) is 18.3 Å². The van der Waals surface area contributed by atoms with E-state index in [0.29, 0.717) is 5.69 Å². The van der Waals surface area contributed by atoms with Crippen LogP contribution in [-0.4, -0.2) is 63.1 Å². The Hall–Kier alpha value is -1.18. The van der Waals surface area contributed by atoms with E-state index in [-0.39, 0.29) is 0 Å². The van der Waals surface area contributed by atoms with Crippen LogP contribution in [0.4, 0.5) is 5.69 Å². The molecule has 0 bridgehead atoms. The van der Waals surface area contributed by atoms with Gasteiger partial charge in [-0.3, -0.25) is 0 Å². The Kier molecular flexibility index (Phi) is 6.03. The molecule has 1 aromatic rings. The van der Waals surface area contributed by atoms with Crippen molar-refractivity contribution in [3.63, 3.8) is 0 Å². The molecule has 4 atom stereocenters. The predicted octanol–water partition coefficient (Wildman–Crippen LogP) is -1.47. The molecular weight excluding hydrogens is 238 g/mol. The number of anilines is 1. The molecule has 6 N–H and O–H groups in total. The molecule has 6 heteroatoms. The van der Waals surface area contributed by atoms with E-state index in [2.05, 4.69) is 5.32 Å². The fourth-order valence-electron chi connectivity index (χ4n) is 1.56. The van der Waals surface area contributed by atoms with E-state index in [1.165, 1.54) is 0 Å². The first-order valence-corrected chi connectivity index (χ1v) is 5.67. The molecule has 0 saturated carbocycles. The summed E-state index contributed by atoms with van der Waals surface area (Å²) in [5.74, 6) is 0. The van der Waals surface area contributed by atoms with E-state index in [1.807, 2.05) is 6.07 Å². The van der Waals surface area contributed by atoms with E-state index >= 15 is 0 Å². The van der Waals surface area contributed by atoms with E-state index in [9.17, 15) is 20.4 Å². The summed E-state index contributed by atoms with van der Waals surface area (Å²) in [6, 6.07) is 8.02. The lowest BCUT2D eigenvalue weighted by atomic mass is 10.0. The molecule has 0 radical (unpaired) electrons. The van der Waals surface area contributed by atoms with Crippen LogP contribution in [0.5, 0.6) is 0 Å². The molecule has 1 aromatic carbocycles. The number of benzene rings is 1. The van der Waals surface area contributed by atoms with Crippen LogP contribution in [0.15, 0.2) is 30.3 Å². The summed E-state index contributed by atoms with van der Waals surface area (Å²) in [6.07, 6.45) is -4.40. The second-order valence-corrected chi connectivity index (χ2v) is 4.03. The molecule has 4 unspecified atom stereocenters. The van der Waals surface area contributed by atoms with Gasteiger partial charge >= 0.3 is 0 Å². The van der Waals surface area contributed by atoms with Gasteiger partial charge in [0.25, 0.3) is 0 Å². The van der Waals surface area contributed by atoms with Crippen molar-refractivity contribution in [1.82, 2.24) is 0 Å². The lowest BCUT2D eigenvalue weighted by Gasteiger charge is -2.29. The summed E-state index contributed by atoms with van der Waals surface area (Å²) >= 11 is 0. The van der Waals surface area contributed by atoms with E-state index < -0.39 is 37.6 Å². The molecule has 0 aromatic heterocycles. The highest BCUT2D eigenvalue weighted by Gasteiger charge is 2.30. The molecule has 0 amide bonds. The summed E-state index contributed by atoms with van der Waals surface area (Å²) in [5, 5.41) is 49.3. The minimum atomic E-state index is -1.54. The monoisotopic (exact) mass is 257 g/mol. The highest BCUT2D eigenvalue weighted by molar-refractivity contribution is 5.43. The molecule has 0 spiro atoms. The maximum Gasteiger partial charge on any atom is 0.110 e. The van der Waals surface area contributed by atoms with Gasteiger partial charge in [0.05, 0.1) is 19.3 Å². The van der Waals surface area contributed by atoms with Gasteiger partial charge in [-0.1, -0.05) is 18.2 Å². The van der Waals surface area contributed by atoms with Crippen molar-refractivity contribution in [1.29, 1.82) is 0 Å². The Morgan fingerprint density at radius 3 is 2.00 bits per heavy atom. The third-order valence-electron chi connectivity index (χ3n) is 2.67. The zero-order valence-corrected chi connectivity index (χ0v) is 9.85. The minimum absolute atomic E-state index is 0.425. The van der Waals surface area contributed by atoms with Crippen molar-refractivity contribution in [3.05, 3.63) is 30.3 Å². The number of aliphatic hydroxyl groups is 5. The molecule has 18 heavy (non-hydrogen) atoms. The number of hydrogen-bond donors (Lipinski definition) is 6. The third-order valence-corrected chi connectivity index (χ3v) is 2.67. The minimum Gasteiger partial charge on any atom is -0.394 e. The van der Waals surface area contributed by atoms with Gasteiger partial charge in [-0.25, -0.2) is 0 Å². The quantitative estimate of drug-likeness (QED) is 0.356. The maximum atomic E-state index is 9.80. The Morgan fingerprint density at radius 2 is 1.50 bits per heavy atom. The van der Waals surface area contributed by atoms with Gasteiger partial charge < -0.3 is 30.8 Å². The Morgan fingerprint density at radius 1 is 0.889 bits per heavy atom. The molecule has 0 aliphatic heterocycles. The van der Waals surface area contributed by atoms with Crippen LogP contribution in [0.3, 0.4) is 0 Å². The Bertz CT molecular complexity index is 334. The van der Waals surface area contributed by atoms with Gasteiger partial charge in [-0.05, 0) is 12.1 Å². The molecule has 0 aliphatic rings. The third kappa shape index (κ3) is 3.94. The lowest BCUT2D eigenvalue weighted by molar-refractivity contribution is -0.0850. The maximum absolute atomic E-state index is 9.80. The molecule has 6 nitrogen and oxygen atoms in total. The van der Waals surface area contributed by atoms with Gasteiger partial charge in [-0.15, -0.1) is 0 Å². The van der Waals surface area contributed by atoms with Gasteiger partial charge in [0.2, 0.25) is 0 Å². The highest BCUT2D eigenvalue weighted by atomic mass is 16.4. The zero-order valence-electron chi connectivity index (χ0n) is 9.85. The van der Waals surface area contributed by atoms with Crippen LogP contribution in [0, 0.1) is 0 Å². The van der Waals surface area contributed by atoms with Gasteiger partial charge in [0.15, 0.2) is 0 Å². The smallest absolute Gasteiger partial charge is 0.110 e. The molecule has 0 aliphatic carbocycles. The molecule has 1 rings (SSSR count). The number of hydrogen-bond acceptors (Lipinski definition) is 6. The van der Waals surface area contributed by atoms with Crippen molar-refractivity contribution in [2.75, 3.05) is 18.5 Å². The number of para-hydroxylation sites is 1. The standard InChI is InChI=1S/C12H19NO5/c14-6-9(11(17)12(18)10(16)7-15)13-8-4-2-1-3-5-8/h1-5,9-18H,6-7H2.